The van der Waals surface area contributed by atoms with Crippen molar-refractivity contribution < 1.29 is 24.2 Å². The molecular weight excluding hydrogens is 216 g/mol. The molecule has 0 saturated heterocycles. The standard InChI is InChI=1S/C9H16N2O5/c1-2-8(14)16-4-3-11-9(15)6(10)5-7(12)13/h6H,2-5,10H2,1H3,(H,11,15)(H,12,13)/t6-/m1/s1. The van der Waals surface area contributed by atoms with Crippen LogP contribution in [0.3, 0.4) is 0 Å². The molecule has 0 saturated carbocycles. The van der Waals surface area contributed by atoms with Crippen LogP contribution >= 0.6 is 0 Å². The van der Waals surface area contributed by atoms with Crippen molar-refractivity contribution in [3.05, 3.63) is 0 Å². The van der Waals surface area contributed by atoms with Gasteiger partial charge in [0.05, 0.1) is 19.0 Å². The largest absolute Gasteiger partial charge is 0.481 e. The number of aliphatic carboxylic acids is 1. The molecule has 0 aliphatic rings. The van der Waals surface area contributed by atoms with Crippen LogP contribution in [-0.2, 0) is 19.1 Å². The molecule has 0 unspecified atom stereocenters. The maximum Gasteiger partial charge on any atom is 0.305 e. The van der Waals surface area contributed by atoms with Crippen molar-refractivity contribution in [2.45, 2.75) is 25.8 Å². The van der Waals surface area contributed by atoms with Crippen molar-refractivity contribution in [3.63, 3.8) is 0 Å². The van der Waals surface area contributed by atoms with E-state index in [1.165, 1.54) is 0 Å². The Morgan fingerprint density at radius 1 is 1.44 bits per heavy atom. The van der Waals surface area contributed by atoms with E-state index in [2.05, 4.69) is 5.32 Å². The van der Waals surface area contributed by atoms with Crippen LogP contribution in [0.1, 0.15) is 19.8 Å². The molecule has 92 valence electrons. The van der Waals surface area contributed by atoms with E-state index in [9.17, 15) is 14.4 Å². The molecule has 1 atom stereocenters. The number of carbonyl (C=O) groups excluding carboxylic acids is 2. The molecule has 7 nitrogen and oxygen atoms in total. The fourth-order valence-corrected chi connectivity index (χ4v) is 0.853. The first-order chi connectivity index (χ1) is 7.47. The van der Waals surface area contributed by atoms with Crippen LogP contribution in [0.5, 0.6) is 0 Å². The minimum atomic E-state index is -1.14. The predicted octanol–water partition coefficient (Wildman–Crippen LogP) is -1.14. The Labute approximate surface area is 92.9 Å². The average molecular weight is 232 g/mol. The topological polar surface area (TPSA) is 119 Å². The third-order valence-electron chi connectivity index (χ3n) is 1.68. The number of nitrogens with one attached hydrogen (secondary N) is 1. The monoisotopic (exact) mass is 232 g/mol. The van der Waals surface area contributed by atoms with Gasteiger partial charge in [-0.1, -0.05) is 6.92 Å². The molecule has 0 aliphatic heterocycles. The average Bonchev–Trinajstić information content (AvgIpc) is 2.22. The van der Waals surface area contributed by atoms with Crippen LogP contribution < -0.4 is 11.1 Å². The van der Waals surface area contributed by atoms with Crippen molar-refractivity contribution in [2.24, 2.45) is 5.73 Å². The minimum absolute atomic E-state index is 0.0538. The molecule has 0 bridgehead atoms. The molecule has 7 heteroatoms. The Hall–Kier alpha value is -1.63. The SMILES string of the molecule is CCC(=O)OCCNC(=O)[C@H](N)CC(=O)O. The van der Waals surface area contributed by atoms with Crippen LogP contribution in [0, 0.1) is 0 Å². The summed E-state index contributed by atoms with van der Waals surface area (Å²) in [6.07, 6.45) is -0.160. The Balaban J connectivity index is 3.65. The zero-order valence-electron chi connectivity index (χ0n) is 9.06. The molecule has 0 fully saturated rings. The van der Waals surface area contributed by atoms with Gasteiger partial charge in [0, 0.05) is 6.42 Å². The Morgan fingerprint density at radius 2 is 2.06 bits per heavy atom. The number of rotatable bonds is 7. The molecule has 0 aromatic rings. The van der Waals surface area contributed by atoms with Gasteiger partial charge in [0.1, 0.15) is 6.61 Å². The van der Waals surface area contributed by atoms with Gasteiger partial charge in [-0.25, -0.2) is 0 Å². The number of esters is 1. The first kappa shape index (κ1) is 14.4. The second kappa shape index (κ2) is 7.63. The molecule has 0 heterocycles. The van der Waals surface area contributed by atoms with E-state index in [1.807, 2.05) is 0 Å². The first-order valence-electron chi connectivity index (χ1n) is 4.88. The summed E-state index contributed by atoms with van der Waals surface area (Å²) in [6, 6.07) is -1.08. The molecule has 0 radical (unpaired) electrons. The Bertz CT molecular complexity index is 267. The number of carboxylic acid groups (broad SMARTS) is 1. The lowest BCUT2D eigenvalue weighted by atomic mass is 10.2. The molecule has 0 rings (SSSR count). The van der Waals surface area contributed by atoms with Crippen LogP contribution in [0.15, 0.2) is 0 Å². The maximum absolute atomic E-state index is 11.2. The normalized spacial score (nSPS) is 11.6. The summed E-state index contributed by atoms with van der Waals surface area (Å²) in [5, 5.41) is 10.7. The highest BCUT2D eigenvalue weighted by Gasteiger charge is 2.16. The van der Waals surface area contributed by atoms with Crippen LogP contribution in [-0.4, -0.2) is 42.1 Å². The first-order valence-corrected chi connectivity index (χ1v) is 4.88. The van der Waals surface area contributed by atoms with Crippen LogP contribution in [0.2, 0.25) is 0 Å². The van der Waals surface area contributed by atoms with Gasteiger partial charge in [-0.3, -0.25) is 14.4 Å². The van der Waals surface area contributed by atoms with E-state index in [4.69, 9.17) is 15.6 Å². The van der Waals surface area contributed by atoms with Gasteiger partial charge in [0.25, 0.3) is 0 Å². The van der Waals surface area contributed by atoms with Crippen molar-refractivity contribution >= 4 is 17.8 Å². The fraction of sp³-hybridized carbons (Fsp3) is 0.667. The minimum Gasteiger partial charge on any atom is -0.481 e. The van der Waals surface area contributed by atoms with E-state index in [1.54, 1.807) is 6.92 Å². The van der Waals surface area contributed by atoms with E-state index in [-0.39, 0.29) is 25.5 Å². The van der Waals surface area contributed by atoms with Gasteiger partial charge in [0.15, 0.2) is 0 Å². The van der Waals surface area contributed by atoms with E-state index >= 15 is 0 Å². The highest BCUT2D eigenvalue weighted by atomic mass is 16.5. The quantitative estimate of drug-likeness (QED) is 0.377. The van der Waals surface area contributed by atoms with Crippen molar-refractivity contribution in [1.29, 1.82) is 0 Å². The summed E-state index contributed by atoms with van der Waals surface area (Å²) >= 11 is 0. The lowest BCUT2D eigenvalue weighted by Crippen LogP contribution is -2.43. The molecule has 16 heavy (non-hydrogen) atoms. The van der Waals surface area contributed by atoms with Gasteiger partial charge in [0.2, 0.25) is 5.91 Å². The number of carboxylic acids is 1. The second-order valence-corrected chi connectivity index (χ2v) is 3.07. The summed E-state index contributed by atoms with van der Waals surface area (Å²) in [6.45, 7) is 1.83. The van der Waals surface area contributed by atoms with Gasteiger partial charge in [-0.15, -0.1) is 0 Å². The van der Waals surface area contributed by atoms with E-state index < -0.39 is 24.3 Å². The molecule has 4 N–H and O–H groups in total. The summed E-state index contributed by atoms with van der Waals surface area (Å²) < 4.78 is 4.69. The van der Waals surface area contributed by atoms with Crippen LogP contribution in [0.4, 0.5) is 0 Å². The lowest BCUT2D eigenvalue weighted by molar-refractivity contribution is -0.143. The van der Waals surface area contributed by atoms with E-state index in [0.717, 1.165) is 0 Å². The molecule has 0 aromatic heterocycles. The third kappa shape index (κ3) is 6.77. The molecular formula is C9H16N2O5. The predicted molar refractivity (Wildman–Crippen MR) is 54.5 cm³/mol. The van der Waals surface area contributed by atoms with Crippen molar-refractivity contribution in [3.8, 4) is 0 Å². The van der Waals surface area contributed by atoms with Crippen LogP contribution in [0.25, 0.3) is 0 Å². The maximum atomic E-state index is 11.2. The van der Waals surface area contributed by atoms with Gasteiger partial charge in [-0.05, 0) is 0 Å². The fourth-order valence-electron chi connectivity index (χ4n) is 0.853. The number of hydrogen-bond acceptors (Lipinski definition) is 5. The number of carbonyl (C=O) groups is 3. The molecule has 0 aliphatic carbocycles. The van der Waals surface area contributed by atoms with E-state index in [0.29, 0.717) is 0 Å². The zero-order valence-corrected chi connectivity index (χ0v) is 9.06. The summed E-state index contributed by atoms with van der Waals surface area (Å²) in [5.41, 5.74) is 5.29. The molecule has 1 amide bonds. The zero-order chi connectivity index (χ0) is 12.6. The molecule has 0 aromatic carbocycles. The second-order valence-electron chi connectivity index (χ2n) is 3.07. The number of amides is 1. The summed E-state index contributed by atoms with van der Waals surface area (Å²) in [7, 11) is 0. The number of hydrogen-bond donors (Lipinski definition) is 3. The van der Waals surface area contributed by atoms with Crippen molar-refractivity contribution in [2.75, 3.05) is 13.2 Å². The number of ether oxygens (including phenoxy) is 1. The van der Waals surface area contributed by atoms with Gasteiger partial charge in [-0.2, -0.15) is 0 Å². The third-order valence-corrected chi connectivity index (χ3v) is 1.68. The lowest BCUT2D eigenvalue weighted by Gasteiger charge is -2.10. The Morgan fingerprint density at radius 3 is 2.56 bits per heavy atom. The van der Waals surface area contributed by atoms with Crippen molar-refractivity contribution in [1.82, 2.24) is 5.32 Å². The van der Waals surface area contributed by atoms with Gasteiger partial charge < -0.3 is 20.9 Å². The smallest absolute Gasteiger partial charge is 0.305 e. The Kier molecular flexibility index (Phi) is 6.86. The summed E-state index contributed by atoms with van der Waals surface area (Å²) in [5.74, 6) is -2.07. The summed E-state index contributed by atoms with van der Waals surface area (Å²) in [4.78, 5) is 32.1. The number of nitrogens with two attached hydrogens (primary N) is 1. The highest BCUT2D eigenvalue weighted by molar-refractivity contribution is 5.85. The van der Waals surface area contributed by atoms with Gasteiger partial charge >= 0.3 is 11.9 Å². The molecule has 0 spiro atoms. The highest BCUT2D eigenvalue weighted by Crippen LogP contribution is 1.88.